The maximum atomic E-state index is 12.8. The number of amides is 1. The first-order valence-electron chi connectivity index (χ1n) is 8.80. The van der Waals surface area contributed by atoms with E-state index in [1.54, 1.807) is 30.6 Å². The van der Waals surface area contributed by atoms with Gasteiger partial charge in [0.2, 0.25) is 0 Å². The first-order valence-corrected chi connectivity index (χ1v) is 9.18. The number of benzene rings is 3. The molecule has 30 heavy (non-hydrogen) atoms. The second-order valence-corrected chi connectivity index (χ2v) is 6.87. The van der Waals surface area contributed by atoms with Crippen molar-refractivity contribution in [2.75, 3.05) is 5.32 Å². The quantitative estimate of drug-likeness (QED) is 0.444. The van der Waals surface area contributed by atoms with Gasteiger partial charge in [0.25, 0.3) is 5.91 Å². The average molecular weight is 426 g/mol. The van der Waals surface area contributed by atoms with Gasteiger partial charge in [0.15, 0.2) is 0 Å². The van der Waals surface area contributed by atoms with Gasteiger partial charge in [-0.3, -0.25) is 9.78 Å². The summed E-state index contributed by atoms with van der Waals surface area (Å²) in [4.78, 5) is 28.5. The molecule has 0 spiro atoms. The molecule has 0 bridgehead atoms. The van der Waals surface area contributed by atoms with E-state index >= 15 is 0 Å². The molecule has 0 aliphatic rings. The van der Waals surface area contributed by atoms with Crippen LogP contribution in [0.4, 0.5) is 5.69 Å². The number of carbonyl (C=O) groups excluding carboxylic acids is 1. The first-order chi connectivity index (χ1) is 14.0. The fourth-order valence-electron chi connectivity index (χ4n) is 3.17. The third kappa shape index (κ3) is 4.55. The monoisotopic (exact) mass is 425 g/mol. The standard InChI is InChI=1S/C23H15ClN2O3.Na/c24-17-8-9-21(19(11-17)23(28)29)26-22(27)15-6-3-5-14(10-15)20-13-25-12-16-4-1-2-7-18(16)20;/h1-13H,(H,26,27)(H,28,29);. The summed E-state index contributed by atoms with van der Waals surface area (Å²) in [6.45, 7) is 0. The SMILES string of the molecule is O=C(Nc1ccc(Cl)cc1C(=O)O)c1cccc(-c2cncc3ccccc23)c1.[Na]. The van der Waals surface area contributed by atoms with Crippen molar-refractivity contribution in [1.29, 1.82) is 0 Å². The van der Waals surface area contributed by atoms with E-state index in [-0.39, 0.29) is 45.8 Å². The molecule has 0 aliphatic carbocycles. The first kappa shape index (κ1) is 22.0. The number of rotatable bonds is 4. The van der Waals surface area contributed by atoms with Crippen LogP contribution in [0.2, 0.25) is 5.02 Å². The zero-order chi connectivity index (χ0) is 20.4. The number of carbonyl (C=O) groups is 2. The van der Waals surface area contributed by atoms with Gasteiger partial charge in [-0.15, -0.1) is 0 Å². The van der Waals surface area contributed by atoms with Crippen molar-refractivity contribution in [3.8, 4) is 11.1 Å². The summed E-state index contributed by atoms with van der Waals surface area (Å²) in [5, 5.41) is 14.3. The van der Waals surface area contributed by atoms with Crippen molar-refractivity contribution in [1.82, 2.24) is 4.98 Å². The molecule has 7 heteroatoms. The molecule has 0 atom stereocenters. The molecule has 0 saturated heterocycles. The number of nitrogens with zero attached hydrogens (tertiary/aromatic N) is 1. The van der Waals surface area contributed by atoms with Crippen molar-refractivity contribution in [2.24, 2.45) is 0 Å². The van der Waals surface area contributed by atoms with Gasteiger partial charge in [0.1, 0.15) is 0 Å². The van der Waals surface area contributed by atoms with E-state index in [1.807, 2.05) is 30.3 Å². The summed E-state index contributed by atoms with van der Waals surface area (Å²) < 4.78 is 0. The molecule has 5 nitrogen and oxygen atoms in total. The molecule has 1 radical (unpaired) electrons. The second-order valence-electron chi connectivity index (χ2n) is 6.44. The summed E-state index contributed by atoms with van der Waals surface area (Å²) in [6.07, 6.45) is 3.56. The Kier molecular flexibility index (Phi) is 6.90. The van der Waals surface area contributed by atoms with Crippen LogP contribution in [0.15, 0.2) is 79.1 Å². The van der Waals surface area contributed by atoms with E-state index in [1.165, 1.54) is 18.2 Å². The third-order valence-corrected chi connectivity index (χ3v) is 4.80. The van der Waals surface area contributed by atoms with E-state index < -0.39 is 11.9 Å². The fraction of sp³-hybridized carbons (Fsp3) is 0. The zero-order valence-electron chi connectivity index (χ0n) is 16.1. The molecule has 1 amide bonds. The van der Waals surface area contributed by atoms with Crippen LogP contribution in [0.3, 0.4) is 0 Å². The van der Waals surface area contributed by atoms with Gasteiger partial charge in [-0.2, -0.15) is 0 Å². The van der Waals surface area contributed by atoms with Gasteiger partial charge < -0.3 is 10.4 Å². The molecule has 4 aromatic rings. The van der Waals surface area contributed by atoms with Crippen LogP contribution in [0, 0.1) is 0 Å². The van der Waals surface area contributed by atoms with Crippen LogP contribution in [-0.4, -0.2) is 51.5 Å². The van der Waals surface area contributed by atoms with Crippen molar-refractivity contribution in [3.63, 3.8) is 0 Å². The Hall–Kier alpha value is -2.70. The Morgan fingerprint density at radius 3 is 2.53 bits per heavy atom. The normalized spacial score (nSPS) is 10.3. The van der Waals surface area contributed by atoms with Crippen LogP contribution in [0.25, 0.3) is 21.9 Å². The number of hydrogen-bond donors (Lipinski definition) is 2. The number of halogens is 1. The Morgan fingerprint density at radius 1 is 0.933 bits per heavy atom. The maximum absolute atomic E-state index is 12.8. The molecule has 0 saturated carbocycles. The van der Waals surface area contributed by atoms with E-state index in [9.17, 15) is 14.7 Å². The summed E-state index contributed by atoms with van der Waals surface area (Å²) in [6, 6.07) is 19.3. The number of aromatic nitrogens is 1. The Labute approximate surface area is 200 Å². The molecule has 1 aromatic heterocycles. The zero-order valence-corrected chi connectivity index (χ0v) is 18.9. The minimum Gasteiger partial charge on any atom is -0.478 e. The third-order valence-electron chi connectivity index (χ3n) is 4.56. The predicted octanol–water partition coefficient (Wildman–Crippen LogP) is 5.12. The second kappa shape index (κ2) is 9.41. The Balaban J connectivity index is 0.00000256. The van der Waals surface area contributed by atoms with Gasteiger partial charge in [-0.1, -0.05) is 48.0 Å². The van der Waals surface area contributed by atoms with Crippen LogP contribution >= 0.6 is 11.6 Å². The van der Waals surface area contributed by atoms with E-state index in [2.05, 4.69) is 10.3 Å². The minimum atomic E-state index is -1.17. The number of nitrogens with one attached hydrogen (secondary N) is 1. The molecule has 1 heterocycles. The van der Waals surface area contributed by atoms with E-state index in [4.69, 9.17) is 11.6 Å². The molecule has 143 valence electrons. The van der Waals surface area contributed by atoms with Crippen LogP contribution in [0.5, 0.6) is 0 Å². The Bertz CT molecular complexity index is 1250. The van der Waals surface area contributed by atoms with Crippen LogP contribution in [0.1, 0.15) is 20.7 Å². The largest absolute Gasteiger partial charge is 0.478 e. The molecule has 3 aromatic carbocycles. The number of carboxylic acid groups (broad SMARTS) is 1. The summed E-state index contributed by atoms with van der Waals surface area (Å²) >= 11 is 5.87. The Morgan fingerprint density at radius 2 is 1.73 bits per heavy atom. The topological polar surface area (TPSA) is 79.3 Å². The molecular weight excluding hydrogens is 411 g/mol. The summed E-state index contributed by atoms with van der Waals surface area (Å²) in [5.41, 5.74) is 2.28. The molecule has 0 fully saturated rings. The molecule has 0 aliphatic heterocycles. The van der Waals surface area contributed by atoms with Gasteiger partial charge in [0.05, 0.1) is 11.3 Å². The van der Waals surface area contributed by atoms with Gasteiger partial charge in [0, 0.05) is 63.5 Å². The maximum Gasteiger partial charge on any atom is 0.337 e. The molecular formula is C23H15ClN2NaO3. The number of pyridine rings is 1. The number of aromatic carboxylic acids is 1. The smallest absolute Gasteiger partial charge is 0.337 e. The number of anilines is 1. The number of fused-ring (bicyclic) bond motifs is 1. The molecule has 0 unspecified atom stereocenters. The van der Waals surface area contributed by atoms with Crippen LogP contribution in [-0.2, 0) is 0 Å². The van der Waals surface area contributed by atoms with Gasteiger partial charge in [-0.05, 0) is 41.3 Å². The average Bonchev–Trinajstić information content (AvgIpc) is 2.74. The molecule has 2 N–H and O–H groups in total. The van der Waals surface area contributed by atoms with E-state index in [0.717, 1.165) is 21.9 Å². The minimum absolute atomic E-state index is 0. The van der Waals surface area contributed by atoms with E-state index in [0.29, 0.717) is 5.56 Å². The number of hydrogen-bond acceptors (Lipinski definition) is 3. The van der Waals surface area contributed by atoms with Crippen LogP contribution < -0.4 is 5.32 Å². The number of carboxylic acids is 1. The van der Waals surface area contributed by atoms with Gasteiger partial charge >= 0.3 is 5.97 Å². The van der Waals surface area contributed by atoms with Crippen molar-refractivity contribution in [2.45, 2.75) is 0 Å². The van der Waals surface area contributed by atoms with Crippen molar-refractivity contribution >= 4 is 69.5 Å². The molecule has 4 rings (SSSR count). The van der Waals surface area contributed by atoms with Crippen molar-refractivity contribution in [3.05, 3.63) is 95.3 Å². The predicted molar refractivity (Wildman–Crippen MR) is 119 cm³/mol. The van der Waals surface area contributed by atoms with Crippen molar-refractivity contribution < 1.29 is 14.7 Å². The fourth-order valence-corrected chi connectivity index (χ4v) is 3.34. The van der Waals surface area contributed by atoms with Gasteiger partial charge in [-0.25, -0.2) is 4.79 Å². The summed E-state index contributed by atoms with van der Waals surface area (Å²) in [7, 11) is 0. The summed E-state index contributed by atoms with van der Waals surface area (Å²) in [5.74, 6) is -1.58.